The van der Waals surface area contributed by atoms with Gasteiger partial charge < -0.3 is 10.5 Å². The largest absolute Gasteiger partial charge is 0.475 e. The molecule has 1 rings (SSSR count). The molecule has 0 aliphatic heterocycles. The lowest BCUT2D eigenvalue weighted by Crippen LogP contribution is -2.46. The van der Waals surface area contributed by atoms with E-state index in [4.69, 9.17) is 10.5 Å². The fraction of sp³-hybridized carbons (Fsp3) is 0.625. The third kappa shape index (κ3) is 4.13. The van der Waals surface area contributed by atoms with Gasteiger partial charge in [0.25, 0.3) is 0 Å². The van der Waals surface area contributed by atoms with Crippen molar-refractivity contribution in [2.24, 2.45) is 0 Å². The van der Waals surface area contributed by atoms with Crippen LogP contribution in [0, 0.1) is 0 Å². The molecule has 2 N–H and O–H groups in total. The van der Waals surface area contributed by atoms with Crippen LogP contribution in [0.15, 0.2) is 18.2 Å². The second-order valence-corrected chi connectivity index (χ2v) is 5.57. The van der Waals surface area contributed by atoms with Gasteiger partial charge in [0.2, 0.25) is 0 Å². The highest BCUT2D eigenvalue weighted by Gasteiger charge is 2.22. The van der Waals surface area contributed by atoms with E-state index < -0.39 is 0 Å². The maximum atomic E-state index is 6.15. The molecule has 0 fully saturated rings. The number of anilines is 1. The Bertz CT molecular complexity index is 394. The first kappa shape index (κ1) is 15.8. The van der Waals surface area contributed by atoms with Crippen molar-refractivity contribution in [1.82, 2.24) is 4.90 Å². The van der Waals surface area contributed by atoms with Crippen LogP contribution in [0.4, 0.5) is 5.69 Å². The summed E-state index contributed by atoms with van der Waals surface area (Å²) < 4.78 is 6.15. The fourth-order valence-corrected chi connectivity index (χ4v) is 2.65. The van der Waals surface area contributed by atoms with E-state index in [0.717, 1.165) is 17.9 Å². The number of aryl methyl sites for hydroxylation is 1. The number of ether oxygens (including phenoxy) is 1. The average Bonchev–Trinajstić information content (AvgIpc) is 2.27. The molecule has 1 unspecified atom stereocenters. The first-order valence-corrected chi connectivity index (χ1v) is 7.19. The molecule has 0 bridgehead atoms. The predicted molar refractivity (Wildman–Crippen MR) is 82.4 cm³/mol. The zero-order valence-electron chi connectivity index (χ0n) is 13.1. The zero-order valence-corrected chi connectivity index (χ0v) is 13.1. The molecular formula is C16H28N2O. The fourth-order valence-electron chi connectivity index (χ4n) is 2.65. The lowest BCUT2D eigenvalue weighted by atomic mass is 10.1. The Morgan fingerprint density at radius 1 is 1.11 bits per heavy atom. The van der Waals surface area contributed by atoms with E-state index in [1.165, 1.54) is 5.56 Å². The van der Waals surface area contributed by atoms with Crippen molar-refractivity contribution in [3.05, 3.63) is 23.8 Å². The number of nitrogen functional groups attached to an aromatic ring is 1. The number of hydrogen-bond donors (Lipinski definition) is 1. The van der Waals surface area contributed by atoms with Crippen LogP contribution in [0.2, 0.25) is 0 Å². The molecule has 1 atom stereocenters. The predicted octanol–water partition coefficient (Wildman–Crippen LogP) is 3.67. The van der Waals surface area contributed by atoms with Gasteiger partial charge in [0, 0.05) is 23.8 Å². The molecule has 1 aromatic carbocycles. The van der Waals surface area contributed by atoms with Gasteiger partial charge in [0.1, 0.15) is 12.0 Å². The van der Waals surface area contributed by atoms with E-state index in [0.29, 0.717) is 12.1 Å². The quantitative estimate of drug-likeness (QED) is 0.629. The molecule has 0 saturated heterocycles. The van der Waals surface area contributed by atoms with Crippen LogP contribution in [0.1, 0.15) is 47.1 Å². The van der Waals surface area contributed by atoms with Crippen molar-refractivity contribution in [2.45, 2.75) is 66.3 Å². The Labute approximate surface area is 117 Å². The first-order chi connectivity index (χ1) is 8.86. The molecule has 19 heavy (non-hydrogen) atoms. The summed E-state index contributed by atoms with van der Waals surface area (Å²) in [4.78, 5) is 2.35. The summed E-state index contributed by atoms with van der Waals surface area (Å²) in [6, 6.07) is 6.79. The average molecular weight is 264 g/mol. The second kappa shape index (κ2) is 6.80. The molecule has 0 aliphatic carbocycles. The van der Waals surface area contributed by atoms with E-state index in [9.17, 15) is 0 Å². The molecule has 0 heterocycles. The molecule has 3 heteroatoms. The summed E-state index contributed by atoms with van der Waals surface area (Å²) in [5.74, 6) is 0.904. The zero-order chi connectivity index (χ0) is 14.6. The van der Waals surface area contributed by atoms with Gasteiger partial charge in [-0.25, -0.2) is 0 Å². The van der Waals surface area contributed by atoms with Crippen LogP contribution in [-0.4, -0.2) is 23.2 Å². The molecule has 1 aromatic rings. The molecule has 0 aliphatic rings. The SMILES string of the molecule is CCc1ccc(N)cc1OC(C)N(C(C)C)C(C)C. The minimum atomic E-state index is 0.0344. The van der Waals surface area contributed by atoms with Gasteiger partial charge in [-0.1, -0.05) is 13.0 Å². The Balaban J connectivity index is 2.91. The smallest absolute Gasteiger partial charge is 0.150 e. The lowest BCUT2D eigenvalue weighted by Gasteiger charge is -2.36. The summed E-state index contributed by atoms with van der Waals surface area (Å²) in [6.07, 6.45) is 0.984. The minimum absolute atomic E-state index is 0.0344. The number of benzene rings is 1. The highest BCUT2D eigenvalue weighted by Crippen LogP contribution is 2.25. The Hall–Kier alpha value is -1.22. The van der Waals surface area contributed by atoms with Gasteiger partial charge in [0.05, 0.1) is 0 Å². The van der Waals surface area contributed by atoms with Gasteiger partial charge in [-0.3, -0.25) is 4.90 Å². The van der Waals surface area contributed by atoms with Crippen LogP contribution >= 0.6 is 0 Å². The summed E-state index contributed by atoms with van der Waals surface area (Å²) >= 11 is 0. The number of nitrogens with zero attached hydrogens (tertiary/aromatic N) is 1. The number of rotatable bonds is 6. The van der Waals surface area contributed by atoms with Crippen molar-refractivity contribution in [1.29, 1.82) is 0 Å². The van der Waals surface area contributed by atoms with Gasteiger partial charge in [0.15, 0.2) is 0 Å². The van der Waals surface area contributed by atoms with E-state index in [-0.39, 0.29) is 6.23 Å². The first-order valence-electron chi connectivity index (χ1n) is 7.19. The summed E-state index contributed by atoms with van der Waals surface area (Å²) in [6.45, 7) is 13.0. The second-order valence-electron chi connectivity index (χ2n) is 5.57. The molecule has 0 aromatic heterocycles. The maximum Gasteiger partial charge on any atom is 0.150 e. The topological polar surface area (TPSA) is 38.5 Å². The van der Waals surface area contributed by atoms with Crippen molar-refractivity contribution in [2.75, 3.05) is 5.73 Å². The Morgan fingerprint density at radius 3 is 2.16 bits per heavy atom. The Kier molecular flexibility index (Phi) is 5.67. The third-order valence-electron chi connectivity index (χ3n) is 3.38. The van der Waals surface area contributed by atoms with Crippen LogP contribution in [0.3, 0.4) is 0 Å². The molecular weight excluding hydrogens is 236 g/mol. The molecule has 0 amide bonds. The van der Waals surface area contributed by atoms with Crippen LogP contribution in [-0.2, 0) is 6.42 Å². The Morgan fingerprint density at radius 2 is 1.68 bits per heavy atom. The van der Waals surface area contributed by atoms with Crippen molar-refractivity contribution >= 4 is 5.69 Å². The summed E-state index contributed by atoms with van der Waals surface area (Å²) in [5, 5.41) is 0. The normalized spacial score (nSPS) is 13.3. The van der Waals surface area contributed by atoms with Gasteiger partial charge >= 0.3 is 0 Å². The van der Waals surface area contributed by atoms with Gasteiger partial charge in [-0.2, -0.15) is 0 Å². The van der Waals surface area contributed by atoms with Crippen LogP contribution in [0.5, 0.6) is 5.75 Å². The monoisotopic (exact) mass is 264 g/mol. The van der Waals surface area contributed by atoms with Crippen LogP contribution in [0.25, 0.3) is 0 Å². The lowest BCUT2D eigenvalue weighted by molar-refractivity contribution is -0.00607. The summed E-state index contributed by atoms with van der Waals surface area (Å²) in [5.41, 5.74) is 7.81. The molecule has 108 valence electrons. The van der Waals surface area contributed by atoms with Crippen molar-refractivity contribution in [3.63, 3.8) is 0 Å². The third-order valence-corrected chi connectivity index (χ3v) is 3.38. The summed E-state index contributed by atoms with van der Waals surface area (Å²) in [7, 11) is 0. The highest BCUT2D eigenvalue weighted by atomic mass is 16.5. The van der Waals surface area contributed by atoms with E-state index in [2.05, 4.69) is 46.4 Å². The molecule has 0 spiro atoms. The van der Waals surface area contributed by atoms with E-state index in [1.807, 2.05) is 18.2 Å². The number of hydrogen-bond acceptors (Lipinski definition) is 3. The standard InChI is InChI=1S/C16H28N2O/c1-7-14-8-9-15(17)10-16(14)19-13(6)18(11(2)3)12(4)5/h8-13H,7,17H2,1-6H3. The minimum Gasteiger partial charge on any atom is -0.475 e. The molecule has 0 saturated carbocycles. The molecule has 0 radical (unpaired) electrons. The van der Waals surface area contributed by atoms with Gasteiger partial charge in [-0.15, -0.1) is 0 Å². The number of nitrogens with two attached hydrogens (primary N) is 1. The molecule has 3 nitrogen and oxygen atoms in total. The highest BCUT2D eigenvalue weighted by molar-refractivity contribution is 5.48. The van der Waals surface area contributed by atoms with Crippen LogP contribution < -0.4 is 10.5 Å². The van der Waals surface area contributed by atoms with E-state index >= 15 is 0 Å². The van der Waals surface area contributed by atoms with Crippen molar-refractivity contribution < 1.29 is 4.74 Å². The van der Waals surface area contributed by atoms with E-state index in [1.54, 1.807) is 0 Å². The van der Waals surface area contributed by atoms with Crippen molar-refractivity contribution in [3.8, 4) is 5.75 Å². The maximum absolute atomic E-state index is 6.15. The van der Waals surface area contributed by atoms with Gasteiger partial charge in [-0.05, 0) is 52.7 Å².